The van der Waals surface area contributed by atoms with Crippen LogP contribution in [0.2, 0.25) is 0 Å². The standard InChI is InChI=1S/C25H28N2O3/c1-15-12-22(30-2)21(20-10-11-26-23(15)20)14-27-13-18-4-3-5-19(18)24(27)16-6-8-17(9-7-16)25(28)29/h6-12,18-19,24,26H,3-5,13-14H2,1-2H3,(H,28,29)/t18-,19-,24?/m0/s1. The number of hydrogen-bond donors (Lipinski definition) is 2. The van der Waals surface area contributed by atoms with Crippen LogP contribution in [0.25, 0.3) is 10.9 Å². The van der Waals surface area contributed by atoms with Crippen LogP contribution < -0.4 is 4.74 Å². The van der Waals surface area contributed by atoms with Gasteiger partial charge in [-0.05, 0) is 67.0 Å². The smallest absolute Gasteiger partial charge is 0.335 e. The highest BCUT2D eigenvalue weighted by Crippen LogP contribution is 2.50. The van der Waals surface area contributed by atoms with Crippen molar-refractivity contribution < 1.29 is 14.6 Å². The van der Waals surface area contributed by atoms with Crippen LogP contribution in [0, 0.1) is 18.8 Å². The highest BCUT2D eigenvalue weighted by atomic mass is 16.5. The number of likely N-dealkylation sites (tertiary alicyclic amines) is 1. The molecule has 1 aliphatic carbocycles. The van der Waals surface area contributed by atoms with Crippen molar-refractivity contribution in [2.45, 2.75) is 38.8 Å². The van der Waals surface area contributed by atoms with Crippen molar-refractivity contribution in [3.63, 3.8) is 0 Å². The monoisotopic (exact) mass is 404 g/mol. The number of aromatic nitrogens is 1. The molecule has 0 radical (unpaired) electrons. The Hall–Kier alpha value is -2.79. The summed E-state index contributed by atoms with van der Waals surface area (Å²) in [6, 6.07) is 12.1. The molecule has 2 fully saturated rings. The lowest BCUT2D eigenvalue weighted by atomic mass is 9.89. The number of benzene rings is 2. The number of methoxy groups -OCH3 is 1. The molecule has 0 bridgehead atoms. The highest BCUT2D eigenvalue weighted by molar-refractivity contribution is 5.88. The van der Waals surface area contributed by atoms with Crippen LogP contribution >= 0.6 is 0 Å². The summed E-state index contributed by atoms with van der Waals surface area (Å²) in [4.78, 5) is 17.3. The topological polar surface area (TPSA) is 65.6 Å². The number of nitrogens with one attached hydrogen (secondary N) is 1. The van der Waals surface area contributed by atoms with Crippen molar-refractivity contribution in [2.75, 3.05) is 13.7 Å². The first-order chi connectivity index (χ1) is 14.6. The van der Waals surface area contributed by atoms with Gasteiger partial charge >= 0.3 is 5.97 Å². The van der Waals surface area contributed by atoms with Gasteiger partial charge in [-0.15, -0.1) is 0 Å². The second kappa shape index (κ2) is 7.47. The number of hydrogen-bond acceptors (Lipinski definition) is 3. The second-order valence-corrected chi connectivity index (χ2v) is 8.80. The van der Waals surface area contributed by atoms with Gasteiger partial charge in [-0.2, -0.15) is 0 Å². The number of carboxylic acid groups (broad SMARTS) is 1. The maximum Gasteiger partial charge on any atom is 0.335 e. The molecule has 5 heteroatoms. The predicted octanol–water partition coefficient (Wildman–Crippen LogP) is 5.16. The molecule has 3 atom stereocenters. The predicted molar refractivity (Wildman–Crippen MR) is 117 cm³/mol. The molecule has 5 rings (SSSR count). The van der Waals surface area contributed by atoms with Gasteiger partial charge in [0.25, 0.3) is 0 Å². The number of fused-ring (bicyclic) bond motifs is 2. The van der Waals surface area contributed by atoms with Crippen molar-refractivity contribution >= 4 is 16.9 Å². The molecular formula is C25H28N2O3. The summed E-state index contributed by atoms with van der Waals surface area (Å²) in [5.41, 5.74) is 5.17. The number of aromatic carboxylic acids is 1. The van der Waals surface area contributed by atoms with Gasteiger partial charge in [-0.3, -0.25) is 4.90 Å². The highest BCUT2D eigenvalue weighted by Gasteiger charge is 2.44. The maximum atomic E-state index is 11.3. The number of ether oxygens (including phenoxy) is 1. The minimum Gasteiger partial charge on any atom is -0.496 e. The van der Waals surface area contributed by atoms with E-state index in [-0.39, 0.29) is 0 Å². The molecule has 2 heterocycles. The molecule has 5 nitrogen and oxygen atoms in total. The Morgan fingerprint density at radius 2 is 2.03 bits per heavy atom. The molecule has 1 saturated heterocycles. The van der Waals surface area contributed by atoms with Gasteiger partial charge in [0.1, 0.15) is 5.75 Å². The minimum atomic E-state index is -0.872. The van der Waals surface area contributed by atoms with Gasteiger partial charge in [0.2, 0.25) is 0 Å². The van der Waals surface area contributed by atoms with Gasteiger partial charge in [-0.25, -0.2) is 4.79 Å². The summed E-state index contributed by atoms with van der Waals surface area (Å²) in [6.45, 7) is 4.02. The summed E-state index contributed by atoms with van der Waals surface area (Å²) in [5, 5.41) is 10.5. The van der Waals surface area contributed by atoms with Crippen LogP contribution in [0.3, 0.4) is 0 Å². The van der Waals surface area contributed by atoms with Crippen molar-refractivity contribution in [1.82, 2.24) is 9.88 Å². The summed E-state index contributed by atoms with van der Waals surface area (Å²) >= 11 is 0. The van der Waals surface area contributed by atoms with E-state index in [0.29, 0.717) is 23.4 Å². The Morgan fingerprint density at radius 1 is 1.23 bits per heavy atom. The molecule has 2 N–H and O–H groups in total. The summed E-state index contributed by atoms with van der Waals surface area (Å²) in [6.07, 6.45) is 5.83. The third kappa shape index (κ3) is 3.08. The lowest BCUT2D eigenvalue weighted by molar-refractivity contribution is 0.0697. The van der Waals surface area contributed by atoms with Crippen LogP contribution in [0.4, 0.5) is 0 Å². The fourth-order valence-corrected chi connectivity index (χ4v) is 5.82. The molecule has 30 heavy (non-hydrogen) atoms. The first-order valence-corrected chi connectivity index (χ1v) is 10.8. The molecule has 1 aromatic heterocycles. The van der Waals surface area contributed by atoms with E-state index in [1.807, 2.05) is 18.3 Å². The van der Waals surface area contributed by atoms with Gasteiger partial charge in [-0.1, -0.05) is 18.6 Å². The van der Waals surface area contributed by atoms with Crippen LogP contribution in [-0.2, 0) is 6.54 Å². The Morgan fingerprint density at radius 3 is 2.77 bits per heavy atom. The van der Waals surface area contributed by atoms with E-state index >= 15 is 0 Å². The van der Waals surface area contributed by atoms with E-state index in [0.717, 1.165) is 18.8 Å². The third-order valence-corrected chi connectivity index (χ3v) is 7.18. The quantitative estimate of drug-likeness (QED) is 0.617. The van der Waals surface area contributed by atoms with Gasteiger partial charge in [0.15, 0.2) is 0 Å². The maximum absolute atomic E-state index is 11.3. The summed E-state index contributed by atoms with van der Waals surface area (Å²) < 4.78 is 5.79. The molecule has 2 aliphatic rings. The minimum absolute atomic E-state index is 0.320. The molecule has 156 valence electrons. The number of rotatable bonds is 5. The first-order valence-electron chi connectivity index (χ1n) is 10.8. The zero-order valence-corrected chi connectivity index (χ0v) is 17.5. The van der Waals surface area contributed by atoms with E-state index in [4.69, 9.17) is 4.74 Å². The number of carbonyl (C=O) groups is 1. The molecule has 0 spiro atoms. The lowest BCUT2D eigenvalue weighted by Crippen LogP contribution is -2.26. The van der Waals surface area contributed by atoms with E-state index in [1.54, 1.807) is 19.2 Å². The van der Waals surface area contributed by atoms with E-state index < -0.39 is 5.97 Å². The first kappa shape index (κ1) is 19.2. The Kier molecular flexibility index (Phi) is 4.78. The van der Waals surface area contributed by atoms with Crippen molar-refractivity contribution in [3.05, 3.63) is 64.8 Å². The van der Waals surface area contributed by atoms with Crippen molar-refractivity contribution in [1.29, 1.82) is 0 Å². The second-order valence-electron chi connectivity index (χ2n) is 8.80. The van der Waals surface area contributed by atoms with Gasteiger partial charge in [0.05, 0.1) is 12.7 Å². The SMILES string of the molecule is COc1cc(C)c2[nH]ccc2c1CN1C[C@@H]2CCC[C@@H]2C1c1ccc(C(=O)O)cc1. The molecular weight excluding hydrogens is 376 g/mol. The van der Waals surface area contributed by atoms with Crippen molar-refractivity contribution in [2.24, 2.45) is 11.8 Å². The van der Waals surface area contributed by atoms with Crippen molar-refractivity contribution in [3.8, 4) is 5.75 Å². The van der Waals surface area contributed by atoms with Crippen LogP contribution in [-0.4, -0.2) is 34.6 Å². The van der Waals surface area contributed by atoms with Gasteiger partial charge < -0.3 is 14.8 Å². The zero-order chi connectivity index (χ0) is 20.8. The third-order valence-electron chi connectivity index (χ3n) is 7.18. The Labute approximate surface area is 176 Å². The van der Waals surface area contributed by atoms with E-state index in [1.165, 1.54) is 46.9 Å². The number of carboxylic acids is 1. The molecule has 0 amide bonds. The largest absolute Gasteiger partial charge is 0.496 e. The number of aromatic amines is 1. The van der Waals surface area contributed by atoms with E-state index in [2.05, 4.69) is 28.9 Å². The Bertz CT molecular complexity index is 1090. The molecule has 2 aromatic carbocycles. The zero-order valence-electron chi connectivity index (χ0n) is 17.5. The fourth-order valence-electron chi connectivity index (χ4n) is 5.82. The van der Waals surface area contributed by atoms with E-state index in [9.17, 15) is 9.90 Å². The average molecular weight is 405 g/mol. The molecule has 1 aliphatic heterocycles. The number of nitrogens with zero attached hydrogens (tertiary/aromatic N) is 1. The summed E-state index contributed by atoms with van der Waals surface area (Å²) in [7, 11) is 1.75. The lowest BCUT2D eigenvalue weighted by Gasteiger charge is -2.29. The molecule has 3 aromatic rings. The normalized spacial score (nSPS) is 23.7. The van der Waals surface area contributed by atoms with Crippen LogP contribution in [0.1, 0.15) is 52.4 Å². The average Bonchev–Trinajstić information content (AvgIpc) is 3.46. The molecule has 1 saturated carbocycles. The molecule has 1 unspecified atom stereocenters. The van der Waals surface area contributed by atoms with Crippen LogP contribution in [0.5, 0.6) is 5.75 Å². The summed E-state index contributed by atoms with van der Waals surface area (Å²) in [5.74, 6) is 1.42. The van der Waals surface area contributed by atoms with Gasteiger partial charge in [0, 0.05) is 41.8 Å². The van der Waals surface area contributed by atoms with Crippen LogP contribution in [0.15, 0.2) is 42.6 Å². The number of H-pyrrole nitrogens is 1. The Balaban J connectivity index is 1.53. The number of aryl methyl sites for hydroxylation is 1. The fraction of sp³-hybridized carbons (Fsp3) is 0.400.